The fourth-order valence-corrected chi connectivity index (χ4v) is 5.23. The van der Waals surface area contributed by atoms with Gasteiger partial charge in [0.15, 0.2) is 11.5 Å². The molecule has 3 aromatic rings. The van der Waals surface area contributed by atoms with Gasteiger partial charge in [-0.1, -0.05) is 48.5 Å². The number of hydrogen-bond donors (Lipinski definition) is 1. The lowest BCUT2D eigenvalue weighted by Gasteiger charge is -2.35. The minimum Gasteiger partial charge on any atom is -0.454 e. The van der Waals surface area contributed by atoms with Crippen LogP contribution in [-0.4, -0.2) is 53.0 Å². The molecule has 1 unspecified atom stereocenters. The molecule has 0 radical (unpaired) electrons. The topological polar surface area (TPSA) is 77.1 Å². The van der Waals surface area contributed by atoms with Crippen molar-refractivity contribution in [1.29, 1.82) is 0 Å². The molecular weight excluding hydrogens is 440 g/mol. The van der Waals surface area contributed by atoms with E-state index >= 15 is 0 Å². The SMILES string of the molecule is O=S(=O)(NCC(c1ccc2c(c1)OCO2)N1CCOCC1)c1ccc(-c2ccccc2)cc1. The Hall–Kier alpha value is -2.91. The quantitative estimate of drug-likeness (QED) is 0.575. The van der Waals surface area contributed by atoms with Crippen LogP contribution < -0.4 is 14.2 Å². The van der Waals surface area contributed by atoms with Crippen LogP contribution in [0.2, 0.25) is 0 Å². The van der Waals surface area contributed by atoms with Crippen LogP contribution >= 0.6 is 0 Å². The van der Waals surface area contributed by atoms with Gasteiger partial charge >= 0.3 is 0 Å². The number of fused-ring (bicyclic) bond motifs is 1. The van der Waals surface area contributed by atoms with Crippen molar-refractivity contribution in [3.05, 3.63) is 78.4 Å². The third-order valence-corrected chi connectivity index (χ3v) is 7.45. The molecule has 2 aliphatic heterocycles. The van der Waals surface area contributed by atoms with E-state index in [2.05, 4.69) is 9.62 Å². The van der Waals surface area contributed by atoms with E-state index in [-0.39, 0.29) is 24.3 Å². The van der Waals surface area contributed by atoms with Crippen molar-refractivity contribution in [2.75, 3.05) is 39.6 Å². The Morgan fingerprint density at radius 3 is 2.30 bits per heavy atom. The van der Waals surface area contributed by atoms with Gasteiger partial charge in [0.2, 0.25) is 16.8 Å². The van der Waals surface area contributed by atoms with E-state index in [0.717, 1.165) is 29.8 Å². The summed E-state index contributed by atoms with van der Waals surface area (Å²) in [4.78, 5) is 2.48. The summed E-state index contributed by atoms with van der Waals surface area (Å²) in [5.41, 5.74) is 2.99. The van der Waals surface area contributed by atoms with Crippen molar-refractivity contribution in [3.8, 4) is 22.6 Å². The van der Waals surface area contributed by atoms with Crippen LogP contribution in [-0.2, 0) is 14.8 Å². The Morgan fingerprint density at radius 1 is 0.848 bits per heavy atom. The number of morpholine rings is 1. The predicted molar refractivity (Wildman–Crippen MR) is 125 cm³/mol. The first-order chi connectivity index (χ1) is 16.1. The standard InChI is InChI=1S/C25H26N2O5S/c28-33(29,22-9-6-20(7-10-22)19-4-2-1-3-5-19)26-17-23(27-12-14-30-15-13-27)21-8-11-24-25(16-21)32-18-31-24/h1-11,16,23,26H,12-15,17-18H2. The Kier molecular flexibility index (Phi) is 6.32. The van der Waals surface area contributed by atoms with Gasteiger partial charge in [-0.15, -0.1) is 0 Å². The average Bonchev–Trinajstić information content (AvgIpc) is 3.34. The van der Waals surface area contributed by atoms with Crippen LogP contribution in [0.1, 0.15) is 11.6 Å². The normalized spacial score (nSPS) is 17.1. The lowest BCUT2D eigenvalue weighted by molar-refractivity contribution is 0.0171. The molecule has 0 bridgehead atoms. The van der Waals surface area contributed by atoms with Crippen molar-refractivity contribution < 1.29 is 22.6 Å². The molecule has 8 heteroatoms. The number of nitrogens with one attached hydrogen (secondary N) is 1. The fraction of sp³-hybridized carbons (Fsp3) is 0.280. The van der Waals surface area contributed by atoms with Crippen molar-refractivity contribution in [1.82, 2.24) is 9.62 Å². The van der Waals surface area contributed by atoms with Crippen LogP contribution in [0.25, 0.3) is 11.1 Å². The third-order valence-electron chi connectivity index (χ3n) is 6.01. The molecule has 1 saturated heterocycles. The van der Waals surface area contributed by atoms with Gasteiger partial charge < -0.3 is 14.2 Å². The first-order valence-electron chi connectivity index (χ1n) is 11.0. The maximum Gasteiger partial charge on any atom is 0.240 e. The third kappa shape index (κ3) is 4.89. The molecular formula is C25H26N2O5S. The van der Waals surface area contributed by atoms with E-state index in [4.69, 9.17) is 14.2 Å². The van der Waals surface area contributed by atoms with E-state index < -0.39 is 10.0 Å². The minimum atomic E-state index is -3.68. The summed E-state index contributed by atoms with van der Waals surface area (Å²) in [5.74, 6) is 1.39. The predicted octanol–water partition coefficient (Wildman–Crippen LogP) is 3.43. The zero-order valence-corrected chi connectivity index (χ0v) is 19.0. The molecule has 2 heterocycles. The van der Waals surface area contributed by atoms with E-state index in [1.165, 1.54) is 0 Å². The van der Waals surface area contributed by atoms with Gasteiger partial charge in [0.05, 0.1) is 18.1 Å². The monoisotopic (exact) mass is 466 g/mol. The molecule has 1 fully saturated rings. The van der Waals surface area contributed by atoms with Crippen LogP contribution in [0, 0.1) is 0 Å². The van der Waals surface area contributed by atoms with Crippen molar-refractivity contribution in [2.45, 2.75) is 10.9 Å². The Bertz CT molecular complexity index is 1190. The summed E-state index contributed by atoms with van der Waals surface area (Å²) < 4.78 is 45.4. The van der Waals surface area contributed by atoms with E-state index in [9.17, 15) is 8.42 Å². The number of rotatable bonds is 7. The Morgan fingerprint density at radius 2 is 1.55 bits per heavy atom. The number of ether oxygens (including phenoxy) is 3. The number of sulfonamides is 1. The molecule has 5 rings (SSSR count). The molecule has 0 amide bonds. The smallest absolute Gasteiger partial charge is 0.240 e. The van der Waals surface area contributed by atoms with Crippen LogP contribution in [0.4, 0.5) is 0 Å². The van der Waals surface area contributed by atoms with Crippen molar-refractivity contribution in [2.24, 2.45) is 0 Å². The summed E-state index contributed by atoms with van der Waals surface area (Å²) >= 11 is 0. The number of benzene rings is 3. The largest absolute Gasteiger partial charge is 0.454 e. The molecule has 1 atom stereocenters. The average molecular weight is 467 g/mol. The molecule has 0 aromatic heterocycles. The lowest BCUT2D eigenvalue weighted by Crippen LogP contribution is -2.43. The highest BCUT2D eigenvalue weighted by molar-refractivity contribution is 7.89. The second-order valence-corrected chi connectivity index (χ2v) is 9.79. The van der Waals surface area contributed by atoms with Gasteiger partial charge in [0.25, 0.3) is 0 Å². The van der Waals surface area contributed by atoms with Crippen molar-refractivity contribution >= 4 is 10.0 Å². The molecule has 0 aliphatic carbocycles. The number of nitrogens with zero attached hydrogens (tertiary/aromatic N) is 1. The second-order valence-electron chi connectivity index (χ2n) is 8.02. The van der Waals surface area contributed by atoms with Crippen LogP contribution in [0.5, 0.6) is 11.5 Å². The highest BCUT2D eigenvalue weighted by atomic mass is 32.2. The second kappa shape index (κ2) is 9.52. The van der Waals surface area contributed by atoms with Gasteiger partial charge in [-0.05, 0) is 41.0 Å². The fourth-order valence-electron chi connectivity index (χ4n) is 4.20. The number of hydrogen-bond acceptors (Lipinski definition) is 6. The molecule has 172 valence electrons. The van der Waals surface area contributed by atoms with Gasteiger partial charge in [0.1, 0.15) is 0 Å². The summed E-state index contributed by atoms with van der Waals surface area (Å²) in [5, 5.41) is 0. The molecule has 0 saturated carbocycles. The maximum atomic E-state index is 13.1. The van der Waals surface area contributed by atoms with Gasteiger partial charge in [-0.3, -0.25) is 4.90 Å². The first kappa shape index (κ1) is 21.9. The molecule has 0 spiro atoms. The molecule has 3 aromatic carbocycles. The Balaban J connectivity index is 1.34. The van der Waals surface area contributed by atoms with E-state index in [0.29, 0.717) is 24.7 Å². The highest BCUT2D eigenvalue weighted by Crippen LogP contribution is 2.35. The van der Waals surface area contributed by atoms with Crippen LogP contribution in [0.3, 0.4) is 0 Å². The first-order valence-corrected chi connectivity index (χ1v) is 12.4. The summed E-state index contributed by atoms with van der Waals surface area (Å²) in [6, 6.07) is 22.5. The van der Waals surface area contributed by atoms with Gasteiger partial charge in [0, 0.05) is 25.7 Å². The molecule has 7 nitrogen and oxygen atoms in total. The molecule has 1 N–H and O–H groups in total. The van der Waals surface area contributed by atoms with Gasteiger partial charge in [-0.25, -0.2) is 13.1 Å². The summed E-state index contributed by atoms with van der Waals surface area (Å²) in [6.45, 7) is 3.14. The van der Waals surface area contributed by atoms with Crippen LogP contribution in [0.15, 0.2) is 77.7 Å². The maximum absolute atomic E-state index is 13.1. The van der Waals surface area contributed by atoms with E-state index in [1.54, 1.807) is 12.1 Å². The van der Waals surface area contributed by atoms with E-state index in [1.807, 2.05) is 60.7 Å². The zero-order valence-electron chi connectivity index (χ0n) is 18.1. The molecule has 2 aliphatic rings. The highest BCUT2D eigenvalue weighted by Gasteiger charge is 2.27. The lowest BCUT2D eigenvalue weighted by atomic mass is 10.0. The zero-order chi connectivity index (χ0) is 22.7. The Labute approximate surface area is 193 Å². The minimum absolute atomic E-state index is 0.151. The summed E-state index contributed by atoms with van der Waals surface area (Å²) in [7, 11) is -3.68. The summed E-state index contributed by atoms with van der Waals surface area (Å²) in [6.07, 6.45) is 0. The molecule has 33 heavy (non-hydrogen) atoms. The van der Waals surface area contributed by atoms with Gasteiger partial charge in [-0.2, -0.15) is 0 Å². The van der Waals surface area contributed by atoms with Crippen molar-refractivity contribution in [3.63, 3.8) is 0 Å².